The maximum absolute atomic E-state index is 10.9. The van der Waals surface area contributed by atoms with Gasteiger partial charge in [0, 0.05) is 29.7 Å². The molecule has 1 saturated heterocycles. The quantitative estimate of drug-likeness (QED) is 0.891. The van der Waals surface area contributed by atoms with E-state index < -0.39 is 5.97 Å². The molecule has 1 aromatic rings. The van der Waals surface area contributed by atoms with Crippen molar-refractivity contribution in [3.05, 3.63) is 27.7 Å². The number of hydrogen-bond acceptors (Lipinski definition) is 4. The highest BCUT2D eigenvalue weighted by atomic mass is 35.5. The van der Waals surface area contributed by atoms with Gasteiger partial charge in [0.05, 0.1) is 24.7 Å². The van der Waals surface area contributed by atoms with Crippen LogP contribution in [0.4, 0.5) is 0 Å². The molecule has 20 heavy (non-hydrogen) atoms. The lowest BCUT2D eigenvalue weighted by atomic mass is 10.1. The Hall–Kier alpha value is -1.01. The zero-order valence-electron chi connectivity index (χ0n) is 10.7. The summed E-state index contributed by atoms with van der Waals surface area (Å²) in [4.78, 5) is 12.8. The number of phenols is 1. The van der Waals surface area contributed by atoms with Crippen LogP contribution >= 0.6 is 23.2 Å². The van der Waals surface area contributed by atoms with Crippen LogP contribution in [0.5, 0.6) is 5.75 Å². The first-order valence-electron chi connectivity index (χ1n) is 6.18. The molecule has 7 heteroatoms. The molecular weight excluding hydrogens is 305 g/mol. The number of carboxylic acid groups (broad SMARTS) is 1. The molecule has 0 amide bonds. The Morgan fingerprint density at radius 3 is 2.90 bits per heavy atom. The second kappa shape index (κ2) is 6.63. The van der Waals surface area contributed by atoms with Gasteiger partial charge in [0.15, 0.2) is 0 Å². The highest BCUT2D eigenvalue weighted by Crippen LogP contribution is 2.32. The molecule has 1 fully saturated rings. The molecule has 0 bridgehead atoms. The van der Waals surface area contributed by atoms with E-state index in [4.69, 9.17) is 33.0 Å². The average Bonchev–Trinajstić information content (AvgIpc) is 2.37. The van der Waals surface area contributed by atoms with Crippen LogP contribution in [0, 0.1) is 0 Å². The summed E-state index contributed by atoms with van der Waals surface area (Å²) in [5, 5.41) is 19.5. The summed E-state index contributed by atoms with van der Waals surface area (Å²) in [5.41, 5.74) is 0.583. The zero-order valence-corrected chi connectivity index (χ0v) is 12.2. The van der Waals surface area contributed by atoms with Crippen LogP contribution in [0.2, 0.25) is 10.0 Å². The number of phenolic OH excluding ortho intramolecular Hbond substituents is 1. The van der Waals surface area contributed by atoms with Crippen molar-refractivity contribution in [2.24, 2.45) is 0 Å². The van der Waals surface area contributed by atoms with Gasteiger partial charge >= 0.3 is 5.97 Å². The normalized spacial score (nSPS) is 20.0. The number of halogens is 2. The molecule has 1 unspecified atom stereocenters. The number of carboxylic acids is 1. The highest BCUT2D eigenvalue weighted by Gasteiger charge is 2.26. The van der Waals surface area contributed by atoms with Crippen molar-refractivity contribution >= 4 is 29.2 Å². The molecule has 1 atom stereocenters. The Labute approximate surface area is 126 Å². The SMILES string of the molecule is O=C(O)CC1COCCN1Cc1cc(Cl)cc(Cl)c1O. The second-order valence-electron chi connectivity index (χ2n) is 4.69. The van der Waals surface area contributed by atoms with E-state index in [1.807, 2.05) is 4.90 Å². The van der Waals surface area contributed by atoms with Gasteiger partial charge in [0.25, 0.3) is 0 Å². The third-order valence-corrected chi connectivity index (χ3v) is 3.75. The molecular formula is C13H15Cl2NO4. The predicted octanol–water partition coefficient (Wildman–Crippen LogP) is 2.37. The van der Waals surface area contributed by atoms with Gasteiger partial charge in [-0.05, 0) is 12.1 Å². The summed E-state index contributed by atoms with van der Waals surface area (Å²) in [7, 11) is 0. The van der Waals surface area contributed by atoms with E-state index in [0.29, 0.717) is 36.9 Å². The zero-order chi connectivity index (χ0) is 14.7. The minimum Gasteiger partial charge on any atom is -0.506 e. The fraction of sp³-hybridized carbons (Fsp3) is 0.462. The number of rotatable bonds is 4. The first-order chi connectivity index (χ1) is 9.47. The number of morpholine rings is 1. The molecule has 0 saturated carbocycles. The van der Waals surface area contributed by atoms with Crippen LogP contribution in [0.15, 0.2) is 12.1 Å². The van der Waals surface area contributed by atoms with Crippen molar-refractivity contribution in [3.63, 3.8) is 0 Å². The highest BCUT2D eigenvalue weighted by molar-refractivity contribution is 6.35. The van der Waals surface area contributed by atoms with Crippen molar-refractivity contribution in [1.29, 1.82) is 0 Å². The topological polar surface area (TPSA) is 70.0 Å². The summed E-state index contributed by atoms with van der Waals surface area (Å²) in [5.74, 6) is -0.893. The number of aliphatic carboxylic acids is 1. The largest absolute Gasteiger partial charge is 0.506 e. The van der Waals surface area contributed by atoms with Crippen LogP contribution in [0.25, 0.3) is 0 Å². The minimum atomic E-state index is -0.876. The number of aromatic hydroxyl groups is 1. The first-order valence-corrected chi connectivity index (χ1v) is 6.93. The van der Waals surface area contributed by atoms with Gasteiger partial charge in [0.1, 0.15) is 5.75 Å². The first kappa shape index (κ1) is 15.4. The Bertz CT molecular complexity index is 509. The maximum Gasteiger partial charge on any atom is 0.305 e. The van der Waals surface area contributed by atoms with Crippen molar-refractivity contribution in [3.8, 4) is 5.75 Å². The molecule has 1 heterocycles. The van der Waals surface area contributed by atoms with Crippen LogP contribution in [-0.2, 0) is 16.1 Å². The summed E-state index contributed by atoms with van der Waals surface area (Å²) >= 11 is 11.8. The smallest absolute Gasteiger partial charge is 0.305 e. The lowest BCUT2D eigenvalue weighted by Crippen LogP contribution is -2.45. The van der Waals surface area contributed by atoms with Gasteiger partial charge in [-0.25, -0.2) is 0 Å². The third kappa shape index (κ3) is 3.76. The molecule has 1 aliphatic rings. The fourth-order valence-corrected chi connectivity index (χ4v) is 2.78. The molecule has 0 aromatic heterocycles. The molecule has 0 aliphatic carbocycles. The Kier molecular flexibility index (Phi) is 5.10. The summed E-state index contributed by atoms with van der Waals surface area (Å²) < 4.78 is 5.31. The van der Waals surface area contributed by atoms with Gasteiger partial charge in [-0.2, -0.15) is 0 Å². The van der Waals surface area contributed by atoms with Gasteiger partial charge in [-0.1, -0.05) is 23.2 Å². The van der Waals surface area contributed by atoms with Crippen molar-refractivity contribution in [2.45, 2.75) is 19.0 Å². The Balaban J connectivity index is 2.16. The predicted molar refractivity (Wildman–Crippen MR) is 75.4 cm³/mol. The molecule has 2 N–H and O–H groups in total. The van der Waals surface area contributed by atoms with Gasteiger partial charge in [-0.3, -0.25) is 9.69 Å². The summed E-state index contributed by atoms with van der Waals surface area (Å²) in [6.07, 6.45) is -0.00490. The number of carbonyl (C=O) groups is 1. The van der Waals surface area contributed by atoms with E-state index in [-0.39, 0.29) is 23.2 Å². The second-order valence-corrected chi connectivity index (χ2v) is 5.54. The average molecular weight is 320 g/mol. The Morgan fingerprint density at radius 2 is 2.20 bits per heavy atom. The molecule has 5 nitrogen and oxygen atoms in total. The summed E-state index contributed by atoms with van der Waals surface area (Å²) in [6, 6.07) is 2.88. The monoisotopic (exact) mass is 319 g/mol. The fourth-order valence-electron chi connectivity index (χ4n) is 2.25. The molecule has 1 aromatic carbocycles. The molecule has 2 rings (SSSR count). The van der Waals surface area contributed by atoms with Crippen molar-refractivity contribution in [1.82, 2.24) is 4.90 Å². The number of benzene rings is 1. The number of nitrogens with zero attached hydrogens (tertiary/aromatic N) is 1. The Morgan fingerprint density at radius 1 is 1.45 bits per heavy atom. The number of ether oxygens (including phenoxy) is 1. The lowest BCUT2D eigenvalue weighted by molar-refractivity contribution is -0.140. The van der Waals surface area contributed by atoms with Crippen LogP contribution in [-0.4, -0.2) is 46.9 Å². The minimum absolute atomic E-state index is 0.00490. The standard InChI is InChI=1S/C13H15Cl2NO4/c14-9-3-8(13(19)11(15)4-9)6-16-1-2-20-7-10(16)5-12(17)18/h3-4,10,19H,1-2,5-7H2,(H,17,18). The van der Waals surface area contributed by atoms with Crippen LogP contribution in [0.1, 0.15) is 12.0 Å². The third-order valence-electron chi connectivity index (χ3n) is 3.24. The maximum atomic E-state index is 10.9. The molecule has 0 radical (unpaired) electrons. The van der Waals surface area contributed by atoms with E-state index in [1.54, 1.807) is 6.07 Å². The van der Waals surface area contributed by atoms with E-state index in [1.165, 1.54) is 6.07 Å². The molecule has 110 valence electrons. The lowest BCUT2D eigenvalue weighted by Gasteiger charge is -2.34. The van der Waals surface area contributed by atoms with Crippen molar-refractivity contribution < 1.29 is 19.7 Å². The van der Waals surface area contributed by atoms with Crippen molar-refractivity contribution in [2.75, 3.05) is 19.8 Å². The van der Waals surface area contributed by atoms with Gasteiger partial charge < -0.3 is 14.9 Å². The summed E-state index contributed by atoms with van der Waals surface area (Å²) in [6.45, 7) is 1.88. The van der Waals surface area contributed by atoms with E-state index in [0.717, 1.165) is 0 Å². The van der Waals surface area contributed by atoms with Gasteiger partial charge in [0.2, 0.25) is 0 Å². The van der Waals surface area contributed by atoms with Gasteiger partial charge in [-0.15, -0.1) is 0 Å². The number of hydrogen-bond donors (Lipinski definition) is 2. The van der Waals surface area contributed by atoms with E-state index >= 15 is 0 Å². The van der Waals surface area contributed by atoms with E-state index in [9.17, 15) is 9.90 Å². The van der Waals surface area contributed by atoms with Crippen LogP contribution < -0.4 is 0 Å². The molecule has 0 spiro atoms. The molecule has 1 aliphatic heterocycles. The van der Waals surface area contributed by atoms with Crippen LogP contribution in [0.3, 0.4) is 0 Å². The van der Waals surface area contributed by atoms with E-state index in [2.05, 4.69) is 0 Å².